The van der Waals surface area contributed by atoms with Crippen LogP contribution in [-0.2, 0) is 5.41 Å². The van der Waals surface area contributed by atoms with Crippen molar-refractivity contribution in [3.63, 3.8) is 0 Å². The quantitative estimate of drug-likeness (QED) is 0.905. The molecule has 2 N–H and O–H groups in total. The van der Waals surface area contributed by atoms with E-state index >= 15 is 0 Å². The minimum atomic E-state index is -1.21. The van der Waals surface area contributed by atoms with Crippen molar-refractivity contribution in [2.45, 2.75) is 26.2 Å². The van der Waals surface area contributed by atoms with Crippen LogP contribution in [0.2, 0.25) is 0 Å². The van der Waals surface area contributed by atoms with E-state index in [9.17, 15) is 9.59 Å². The summed E-state index contributed by atoms with van der Waals surface area (Å²) in [6.07, 6.45) is 0. The van der Waals surface area contributed by atoms with Gasteiger partial charge in [0.05, 0.1) is 0 Å². The summed E-state index contributed by atoms with van der Waals surface area (Å²) in [5.74, 6) is -1.98. The molecule has 2 rings (SSSR count). The first-order valence-electron chi connectivity index (χ1n) is 6.52. The molecule has 0 saturated carbocycles. The second-order valence-electron chi connectivity index (χ2n) is 5.75. The molecule has 21 heavy (non-hydrogen) atoms. The molecular weight excluding hydrogens is 270 g/mol. The molecule has 1 heterocycles. The molecule has 0 aliphatic heterocycles. The normalized spacial score (nSPS) is 11.2. The van der Waals surface area contributed by atoms with Crippen molar-refractivity contribution in [2.24, 2.45) is 0 Å². The number of rotatable bonds is 3. The van der Waals surface area contributed by atoms with Crippen molar-refractivity contribution in [3.8, 4) is 0 Å². The number of hydrogen-bond acceptors (Lipinski definition) is 3. The fraction of sp³-hybridized carbons (Fsp3) is 0.250. The molecule has 110 valence electrons. The Kier molecular flexibility index (Phi) is 3.84. The summed E-state index contributed by atoms with van der Waals surface area (Å²) in [5.41, 5.74) is 1.83. The van der Waals surface area contributed by atoms with E-state index in [1.807, 2.05) is 12.1 Å². The fourth-order valence-electron chi connectivity index (χ4n) is 1.82. The molecule has 0 saturated heterocycles. The van der Waals surface area contributed by atoms with Crippen LogP contribution in [0.15, 0.2) is 40.8 Å². The van der Waals surface area contributed by atoms with Gasteiger partial charge in [-0.05, 0) is 35.2 Å². The van der Waals surface area contributed by atoms with E-state index in [1.54, 1.807) is 12.1 Å². The Morgan fingerprint density at radius 3 is 2.05 bits per heavy atom. The first-order valence-corrected chi connectivity index (χ1v) is 6.52. The monoisotopic (exact) mass is 287 g/mol. The van der Waals surface area contributed by atoms with Crippen LogP contribution in [0.25, 0.3) is 0 Å². The number of amides is 1. The van der Waals surface area contributed by atoms with Gasteiger partial charge in [0, 0.05) is 5.69 Å². The molecule has 1 amide bonds. The Balaban J connectivity index is 2.10. The zero-order valence-electron chi connectivity index (χ0n) is 12.1. The van der Waals surface area contributed by atoms with Gasteiger partial charge in [0.15, 0.2) is 5.76 Å². The van der Waals surface area contributed by atoms with Gasteiger partial charge in [-0.2, -0.15) is 0 Å². The minimum Gasteiger partial charge on any atom is -0.475 e. The SMILES string of the molecule is CC(C)(C)c1ccc(NC(=O)c2ccc(C(=O)O)o2)cc1. The van der Waals surface area contributed by atoms with E-state index in [-0.39, 0.29) is 16.9 Å². The van der Waals surface area contributed by atoms with Gasteiger partial charge in [-0.1, -0.05) is 32.9 Å². The molecule has 0 aliphatic rings. The van der Waals surface area contributed by atoms with E-state index in [1.165, 1.54) is 12.1 Å². The highest BCUT2D eigenvalue weighted by atomic mass is 16.4. The number of carbonyl (C=O) groups is 2. The van der Waals surface area contributed by atoms with Gasteiger partial charge in [-0.25, -0.2) is 4.79 Å². The number of furan rings is 1. The number of benzene rings is 1. The molecule has 5 heteroatoms. The highest BCUT2D eigenvalue weighted by Crippen LogP contribution is 2.23. The Morgan fingerprint density at radius 1 is 1.00 bits per heavy atom. The summed E-state index contributed by atoms with van der Waals surface area (Å²) in [6.45, 7) is 6.32. The Morgan fingerprint density at radius 2 is 1.57 bits per heavy atom. The van der Waals surface area contributed by atoms with E-state index in [0.29, 0.717) is 5.69 Å². The largest absolute Gasteiger partial charge is 0.475 e. The summed E-state index contributed by atoms with van der Waals surface area (Å²) in [4.78, 5) is 22.6. The summed E-state index contributed by atoms with van der Waals surface area (Å²) in [7, 11) is 0. The van der Waals surface area contributed by atoms with Crippen LogP contribution >= 0.6 is 0 Å². The number of carboxylic acids is 1. The van der Waals surface area contributed by atoms with Crippen molar-refractivity contribution >= 4 is 17.6 Å². The summed E-state index contributed by atoms with van der Waals surface area (Å²) < 4.78 is 4.95. The zero-order chi connectivity index (χ0) is 15.6. The highest BCUT2D eigenvalue weighted by Gasteiger charge is 2.16. The molecule has 1 aromatic carbocycles. The van der Waals surface area contributed by atoms with Gasteiger partial charge in [0.25, 0.3) is 5.91 Å². The van der Waals surface area contributed by atoms with Gasteiger partial charge in [-0.3, -0.25) is 4.79 Å². The number of nitrogens with one attached hydrogen (secondary N) is 1. The van der Waals surface area contributed by atoms with E-state index in [2.05, 4.69) is 26.1 Å². The van der Waals surface area contributed by atoms with Gasteiger partial charge < -0.3 is 14.8 Å². The first kappa shape index (κ1) is 14.8. The van der Waals surface area contributed by atoms with Crippen molar-refractivity contribution < 1.29 is 19.1 Å². The molecule has 0 aliphatic carbocycles. The third-order valence-electron chi connectivity index (χ3n) is 3.05. The average Bonchev–Trinajstić information content (AvgIpc) is 2.88. The second-order valence-corrected chi connectivity index (χ2v) is 5.75. The van der Waals surface area contributed by atoms with Crippen LogP contribution in [0.4, 0.5) is 5.69 Å². The summed E-state index contributed by atoms with van der Waals surface area (Å²) in [6, 6.07) is 10.1. The lowest BCUT2D eigenvalue weighted by atomic mass is 9.87. The van der Waals surface area contributed by atoms with Crippen molar-refractivity contribution in [1.82, 2.24) is 0 Å². The molecule has 0 atom stereocenters. The third kappa shape index (κ3) is 3.51. The average molecular weight is 287 g/mol. The maximum atomic E-state index is 11.9. The lowest BCUT2D eigenvalue weighted by Gasteiger charge is -2.19. The van der Waals surface area contributed by atoms with Crippen molar-refractivity contribution in [1.29, 1.82) is 0 Å². The molecule has 5 nitrogen and oxygen atoms in total. The third-order valence-corrected chi connectivity index (χ3v) is 3.05. The van der Waals surface area contributed by atoms with Crippen LogP contribution < -0.4 is 5.32 Å². The van der Waals surface area contributed by atoms with Crippen LogP contribution in [-0.4, -0.2) is 17.0 Å². The number of anilines is 1. The van der Waals surface area contributed by atoms with E-state index in [0.717, 1.165) is 5.56 Å². The lowest BCUT2D eigenvalue weighted by molar-refractivity contribution is 0.0660. The predicted molar refractivity (Wildman–Crippen MR) is 78.8 cm³/mol. The number of carboxylic acid groups (broad SMARTS) is 1. The predicted octanol–water partition coefficient (Wildman–Crippen LogP) is 3.53. The molecule has 2 aromatic rings. The summed E-state index contributed by atoms with van der Waals surface area (Å²) in [5, 5.41) is 11.4. The minimum absolute atomic E-state index is 0.0349. The number of hydrogen-bond donors (Lipinski definition) is 2. The summed E-state index contributed by atoms with van der Waals surface area (Å²) >= 11 is 0. The van der Waals surface area contributed by atoms with Crippen molar-refractivity contribution in [2.75, 3.05) is 5.32 Å². The standard InChI is InChI=1S/C16H17NO4/c1-16(2,3)10-4-6-11(7-5-10)17-14(18)12-8-9-13(21-12)15(19)20/h4-9H,1-3H3,(H,17,18)(H,19,20). The molecule has 1 aromatic heterocycles. The molecule has 0 fully saturated rings. The number of aromatic carboxylic acids is 1. The van der Waals surface area contributed by atoms with E-state index in [4.69, 9.17) is 9.52 Å². The Bertz CT molecular complexity index is 662. The molecule has 0 bridgehead atoms. The van der Waals surface area contributed by atoms with Gasteiger partial charge in [0.1, 0.15) is 0 Å². The molecule has 0 radical (unpaired) electrons. The molecule has 0 spiro atoms. The molecule has 0 unspecified atom stereocenters. The van der Waals surface area contributed by atoms with Crippen LogP contribution in [0.3, 0.4) is 0 Å². The second kappa shape index (κ2) is 5.44. The highest BCUT2D eigenvalue weighted by molar-refractivity contribution is 6.02. The van der Waals surface area contributed by atoms with Gasteiger partial charge >= 0.3 is 5.97 Å². The topological polar surface area (TPSA) is 79.5 Å². The maximum absolute atomic E-state index is 11.9. The number of carbonyl (C=O) groups excluding carboxylic acids is 1. The van der Waals surface area contributed by atoms with Crippen LogP contribution in [0.1, 0.15) is 47.4 Å². The van der Waals surface area contributed by atoms with Gasteiger partial charge in [-0.15, -0.1) is 0 Å². The lowest BCUT2D eigenvalue weighted by Crippen LogP contribution is -2.13. The van der Waals surface area contributed by atoms with Crippen molar-refractivity contribution in [3.05, 3.63) is 53.5 Å². The van der Waals surface area contributed by atoms with Gasteiger partial charge in [0.2, 0.25) is 5.76 Å². The fourth-order valence-corrected chi connectivity index (χ4v) is 1.82. The van der Waals surface area contributed by atoms with Crippen LogP contribution in [0, 0.1) is 0 Å². The smallest absolute Gasteiger partial charge is 0.371 e. The maximum Gasteiger partial charge on any atom is 0.371 e. The van der Waals surface area contributed by atoms with E-state index < -0.39 is 11.9 Å². The first-order chi connectivity index (χ1) is 9.77. The molecular formula is C16H17NO4. The Hall–Kier alpha value is -2.56. The Labute approximate surface area is 122 Å². The zero-order valence-corrected chi connectivity index (χ0v) is 12.1. The van der Waals surface area contributed by atoms with Crippen LogP contribution in [0.5, 0.6) is 0 Å².